The van der Waals surface area contributed by atoms with Crippen LogP contribution in [0, 0.1) is 11.3 Å². The van der Waals surface area contributed by atoms with Gasteiger partial charge in [0, 0.05) is 31.6 Å². The number of hydrogen-bond donors (Lipinski definition) is 1. The molecule has 1 aromatic rings. The lowest BCUT2D eigenvalue weighted by molar-refractivity contribution is -0.117. The van der Waals surface area contributed by atoms with Gasteiger partial charge in [-0.15, -0.1) is 0 Å². The molecule has 1 heterocycles. The maximum atomic E-state index is 11.0. The van der Waals surface area contributed by atoms with Gasteiger partial charge in [0.25, 0.3) is 0 Å². The first kappa shape index (κ1) is 18.9. The molecule has 3 fully saturated rings. The van der Waals surface area contributed by atoms with Gasteiger partial charge in [0.1, 0.15) is 5.78 Å². The maximum absolute atomic E-state index is 11.0. The number of hydrogen-bond acceptors (Lipinski definition) is 3. The fourth-order valence-electron chi connectivity index (χ4n) is 5.30. The van der Waals surface area contributed by atoms with Crippen LogP contribution in [0.2, 0.25) is 0 Å². The van der Waals surface area contributed by atoms with Crippen molar-refractivity contribution in [1.29, 1.82) is 0 Å². The fraction of sp³-hybridized carbons (Fsp3) is 0.625. The van der Waals surface area contributed by atoms with Gasteiger partial charge in [-0.25, -0.2) is 0 Å². The van der Waals surface area contributed by atoms with Crippen molar-refractivity contribution < 1.29 is 4.79 Å². The van der Waals surface area contributed by atoms with E-state index in [9.17, 15) is 4.79 Å². The number of nitrogens with zero attached hydrogens (tertiary/aromatic N) is 1. The van der Waals surface area contributed by atoms with Crippen LogP contribution in [0.3, 0.4) is 0 Å². The first-order chi connectivity index (χ1) is 13.1. The lowest BCUT2D eigenvalue weighted by Crippen LogP contribution is -2.66. The summed E-state index contributed by atoms with van der Waals surface area (Å²) in [6.45, 7) is 7.60. The number of nitrogens with one attached hydrogen (secondary N) is 1. The number of carbonyl (C=O) groups is 1. The normalized spacial score (nSPS) is 27.3. The molecule has 146 valence electrons. The lowest BCUT2D eigenvalue weighted by Gasteiger charge is -2.59. The van der Waals surface area contributed by atoms with Gasteiger partial charge in [-0.2, -0.15) is 0 Å². The van der Waals surface area contributed by atoms with Crippen molar-refractivity contribution in [3.8, 4) is 0 Å². The van der Waals surface area contributed by atoms with Gasteiger partial charge >= 0.3 is 0 Å². The van der Waals surface area contributed by atoms with Gasteiger partial charge in [-0.05, 0) is 62.5 Å². The van der Waals surface area contributed by atoms with Crippen LogP contribution in [0.25, 0.3) is 6.08 Å². The number of rotatable bonds is 9. The molecule has 3 heteroatoms. The summed E-state index contributed by atoms with van der Waals surface area (Å²) in [5, 5.41) is 3.93. The van der Waals surface area contributed by atoms with Crippen LogP contribution in [0.1, 0.15) is 57.9 Å². The van der Waals surface area contributed by atoms with E-state index in [1.807, 2.05) is 0 Å². The van der Waals surface area contributed by atoms with E-state index in [4.69, 9.17) is 0 Å². The average Bonchev–Trinajstić information content (AvgIpc) is 3.35. The molecule has 2 aliphatic carbocycles. The van der Waals surface area contributed by atoms with Crippen LogP contribution in [0.4, 0.5) is 0 Å². The Labute approximate surface area is 164 Å². The van der Waals surface area contributed by atoms with Crippen molar-refractivity contribution in [2.45, 2.75) is 64.5 Å². The van der Waals surface area contributed by atoms with E-state index < -0.39 is 0 Å². The molecule has 2 atom stereocenters. The van der Waals surface area contributed by atoms with E-state index in [1.165, 1.54) is 37.9 Å². The second-order valence-electron chi connectivity index (χ2n) is 9.22. The van der Waals surface area contributed by atoms with E-state index in [0.717, 1.165) is 37.8 Å². The van der Waals surface area contributed by atoms with Crippen LogP contribution in [-0.2, 0) is 4.79 Å². The van der Waals surface area contributed by atoms with Gasteiger partial charge in [0.05, 0.1) is 0 Å². The summed E-state index contributed by atoms with van der Waals surface area (Å²) in [6.07, 6.45) is 9.35. The molecule has 0 amide bonds. The van der Waals surface area contributed by atoms with Crippen LogP contribution in [0.5, 0.6) is 0 Å². The average molecular weight is 367 g/mol. The van der Waals surface area contributed by atoms with Crippen LogP contribution in [-0.4, -0.2) is 42.4 Å². The van der Waals surface area contributed by atoms with E-state index >= 15 is 0 Å². The first-order valence-corrected chi connectivity index (χ1v) is 10.8. The van der Waals surface area contributed by atoms with Crippen LogP contribution in [0.15, 0.2) is 35.9 Å². The third kappa shape index (κ3) is 4.52. The summed E-state index contributed by atoms with van der Waals surface area (Å²) in [5.74, 6) is 1.07. The highest BCUT2D eigenvalue weighted by atomic mass is 16.1. The molecule has 0 aromatic heterocycles. The third-order valence-corrected chi connectivity index (χ3v) is 6.76. The predicted octanol–water partition coefficient (Wildman–Crippen LogP) is 4.29. The highest BCUT2D eigenvalue weighted by Gasteiger charge is 2.53. The lowest BCUT2D eigenvalue weighted by atomic mass is 9.60. The predicted molar refractivity (Wildman–Crippen MR) is 112 cm³/mol. The Morgan fingerprint density at radius 3 is 2.67 bits per heavy atom. The minimum Gasteiger partial charge on any atom is -0.311 e. The van der Waals surface area contributed by atoms with Crippen molar-refractivity contribution >= 4 is 11.9 Å². The van der Waals surface area contributed by atoms with Crippen molar-refractivity contribution in [1.82, 2.24) is 10.2 Å². The van der Waals surface area contributed by atoms with Gasteiger partial charge in [0.15, 0.2) is 0 Å². The highest BCUT2D eigenvalue weighted by Crippen LogP contribution is 2.50. The molecule has 1 N–H and O–H groups in total. The summed E-state index contributed by atoms with van der Waals surface area (Å²) in [6, 6.07) is 12.2. The Kier molecular flexibility index (Phi) is 5.52. The van der Waals surface area contributed by atoms with Crippen molar-refractivity contribution in [3.05, 3.63) is 41.5 Å². The summed E-state index contributed by atoms with van der Waals surface area (Å²) in [7, 11) is 0. The Bertz CT molecular complexity index is 682. The molecular formula is C24H34N2O. The molecule has 3 aliphatic rings. The zero-order chi connectivity index (χ0) is 18.9. The number of likely N-dealkylation sites (tertiary alicyclic amines) is 1. The number of benzene rings is 1. The SMILES string of the molecule is CC/C(=C\c1ccccc1)[C@H]1C[C@@H]1NC1CC2(C1)CN(CCCC(C)=O)C2. The Balaban J connectivity index is 1.17. The second-order valence-corrected chi connectivity index (χ2v) is 9.22. The minimum absolute atomic E-state index is 0.324. The minimum atomic E-state index is 0.324. The Morgan fingerprint density at radius 2 is 2.00 bits per heavy atom. The molecule has 0 unspecified atom stereocenters. The molecule has 1 spiro atoms. The van der Waals surface area contributed by atoms with Gasteiger partial charge in [0.2, 0.25) is 0 Å². The molecule has 3 nitrogen and oxygen atoms in total. The smallest absolute Gasteiger partial charge is 0.129 e. The summed E-state index contributed by atoms with van der Waals surface area (Å²) < 4.78 is 0. The van der Waals surface area contributed by atoms with Crippen molar-refractivity contribution in [2.75, 3.05) is 19.6 Å². The Morgan fingerprint density at radius 1 is 1.26 bits per heavy atom. The summed E-state index contributed by atoms with van der Waals surface area (Å²) in [5.41, 5.74) is 3.54. The van der Waals surface area contributed by atoms with E-state index in [0.29, 0.717) is 17.2 Å². The van der Waals surface area contributed by atoms with Gasteiger partial charge in [-0.1, -0.05) is 48.9 Å². The topological polar surface area (TPSA) is 32.3 Å². The molecule has 0 bridgehead atoms. The number of Topliss-reactive ketones (excluding diaryl/α,β-unsaturated/α-hetero) is 1. The standard InChI is InChI=1S/C24H34N2O/c1-3-20(12-19-9-5-4-6-10-19)22-13-23(22)25-21-14-24(15-21)16-26(17-24)11-7-8-18(2)27/h4-6,9-10,12,21-23,25H,3,7-8,11,13-17H2,1-2H3/b20-12+/t22-,23+/m1/s1. The zero-order valence-corrected chi connectivity index (χ0v) is 16.9. The van der Waals surface area contributed by atoms with Gasteiger partial charge < -0.3 is 15.0 Å². The molecule has 1 aromatic carbocycles. The molecule has 2 saturated carbocycles. The first-order valence-electron chi connectivity index (χ1n) is 10.8. The molecule has 1 saturated heterocycles. The van der Waals surface area contributed by atoms with E-state index in [-0.39, 0.29) is 0 Å². The monoisotopic (exact) mass is 366 g/mol. The summed E-state index contributed by atoms with van der Waals surface area (Å²) in [4.78, 5) is 13.6. The molecule has 1 aliphatic heterocycles. The fourth-order valence-corrected chi connectivity index (χ4v) is 5.30. The Hall–Kier alpha value is -1.45. The van der Waals surface area contributed by atoms with Crippen molar-refractivity contribution in [2.24, 2.45) is 11.3 Å². The maximum Gasteiger partial charge on any atom is 0.129 e. The number of ketones is 1. The summed E-state index contributed by atoms with van der Waals surface area (Å²) >= 11 is 0. The molecule has 4 rings (SSSR count). The second kappa shape index (κ2) is 7.89. The van der Waals surface area contributed by atoms with E-state index in [2.05, 4.69) is 53.5 Å². The highest BCUT2D eigenvalue weighted by molar-refractivity contribution is 5.75. The quantitative estimate of drug-likeness (QED) is 0.707. The largest absolute Gasteiger partial charge is 0.311 e. The zero-order valence-electron chi connectivity index (χ0n) is 16.9. The third-order valence-electron chi connectivity index (χ3n) is 6.76. The molecular weight excluding hydrogens is 332 g/mol. The van der Waals surface area contributed by atoms with E-state index in [1.54, 1.807) is 12.5 Å². The molecule has 0 radical (unpaired) electrons. The molecule has 27 heavy (non-hydrogen) atoms. The van der Waals surface area contributed by atoms with Crippen molar-refractivity contribution in [3.63, 3.8) is 0 Å². The van der Waals surface area contributed by atoms with Crippen LogP contribution < -0.4 is 5.32 Å². The van der Waals surface area contributed by atoms with Gasteiger partial charge in [-0.3, -0.25) is 0 Å². The number of carbonyl (C=O) groups excluding carboxylic acids is 1. The van der Waals surface area contributed by atoms with Crippen LogP contribution >= 0.6 is 0 Å².